The Morgan fingerprint density at radius 3 is 2.45 bits per heavy atom. The maximum Gasteiger partial charge on any atom is 0.218 e. The monoisotopic (exact) mass is 294 g/mol. The molecule has 2 N–H and O–H groups in total. The minimum Gasteiger partial charge on any atom is -0.399 e. The van der Waals surface area contributed by atoms with Crippen LogP contribution in [0, 0.1) is 0 Å². The molecule has 108 valence electrons. The number of hydrogen-bond acceptors (Lipinski definition) is 4. The van der Waals surface area contributed by atoms with Gasteiger partial charge in [-0.25, -0.2) is 12.7 Å². The van der Waals surface area contributed by atoms with E-state index in [1.165, 1.54) is 4.31 Å². The van der Waals surface area contributed by atoms with E-state index in [1.807, 2.05) is 0 Å². The van der Waals surface area contributed by atoms with Crippen molar-refractivity contribution in [3.8, 4) is 0 Å². The predicted octanol–water partition coefficient (Wildman–Crippen LogP) is 0.964. The van der Waals surface area contributed by atoms with Crippen LogP contribution in [0.1, 0.15) is 11.1 Å². The van der Waals surface area contributed by atoms with Gasteiger partial charge in [0.25, 0.3) is 0 Å². The fourth-order valence-electron chi connectivity index (χ4n) is 1.84. The van der Waals surface area contributed by atoms with Gasteiger partial charge in [0, 0.05) is 38.1 Å². The average Bonchev–Trinajstić information content (AvgIpc) is 2.77. The molecule has 0 unspecified atom stereocenters. The van der Waals surface area contributed by atoms with Crippen molar-refractivity contribution in [2.75, 3.05) is 12.8 Å². The van der Waals surface area contributed by atoms with Crippen molar-refractivity contribution in [3.63, 3.8) is 0 Å². The Balaban J connectivity index is 2.07. The molecule has 0 radical (unpaired) electrons. The van der Waals surface area contributed by atoms with E-state index in [0.717, 1.165) is 11.1 Å². The first-order valence-electron chi connectivity index (χ1n) is 6.13. The topological polar surface area (TPSA) is 81.2 Å². The van der Waals surface area contributed by atoms with Gasteiger partial charge < -0.3 is 5.73 Å². The molecule has 1 aromatic heterocycles. The SMILES string of the molecule is CN(Cc1cnn(C)c1)S(=O)(=O)Cc1ccc(N)cc1. The Bertz CT molecular complexity index is 677. The van der Waals surface area contributed by atoms with Crippen LogP contribution in [0.25, 0.3) is 0 Å². The van der Waals surface area contributed by atoms with E-state index >= 15 is 0 Å². The van der Waals surface area contributed by atoms with Gasteiger partial charge in [-0.2, -0.15) is 5.10 Å². The maximum absolute atomic E-state index is 12.3. The molecule has 6 nitrogen and oxygen atoms in total. The highest BCUT2D eigenvalue weighted by Gasteiger charge is 2.19. The smallest absolute Gasteiger partial charge is 0.218 e. The molecule has 0 bridgehead atoms. The second-order valence-corrected chi connectivity index (χ2v) is 6.85. The third-order valence-electron chi connectivity index (χ3n) is 2.97. The van der Waals surface area contributed by atoms with Crippen molar-refractivity contribution in [1.29, 1.82) is 0 Å². The first-order chi connectivity index (χ1) is 9.37. The number of nitrogens with two attached hydrogens (primary N) is 1. The molecular weight excluding hydrogens is 276 g/mol. The number of anilines is 1. The average molecular weight is 294 g/mol. The highest BCUT2D eigenvalue weighted by molar-refractivity contribution is 7.88. The Labute approximate surface area is 118 Å². The van der Waals surface area contributed by atoms with E-state index in [9.17, 15) is 8.42 Å². The summed E-state index contributed by atoms with van der Waals surface area (Å²) in [6.07, 6.45) is 3.46. The van der Waals surface area contributed by atoms with Crippen molar-refractivity contribution in [3.05, 3.63) is 47.8 Å². The van der Waals surface area contributed by atoms with E-state index in [1.54, 1.807) is 55.4 Å². The number of nitrogen functional groups attached to an aromatic ring is 1. The van der Waals surface area contributed by atoms with E-state index in [4.69, 9.17) is 5.73 Å². The van der Waals surface area contributed by atoms with Gasteiger partial charge in [0.1, 0.15) is 0 Å². The summed E-state index contributed by atoms with van der Waals surface area (Å²) in [6, 6.07) is 6.85. The predicted molar refractivity (Wildman–Crippen MR) is 78.2 cm³/mol. The summed E-state index contributed by atoms with van der Waals surface area (Å²) >= 11 is 0. The summed E-state index contributed by atoms with van der Waals surface area (Å²) in [5.74, 6) is -0.0377. The molecule has 2 aromatic rings. The summed E-state index contributed by atoms with van der Waals surface area (Å²) in [5.41, 5.74) is 7.78. The van der Waals surface area contributed by atoms with Gasteiger partial charge in [0.15, 0.2) is 0 Å². The molecule has 0 fully saturated rings. The number of nitrogens with zero attached hydrogens (tertiary/aromatic N) is 3. The van der Waals surface area contributed by atoms with Crippen molar-refractivity contribution in [1.82, 2.24) is 14.1 Å². The van der Waals surface area contributed by atoms with Gasteiger partial charge in [0.05, 0.1) is 11.9 Å². The second kappa shape index (κ2) is 5.64. The van der Waals surface area contributed by atoms with Crippen LogP contribution in [0.2, 0.25) is 0 Å². The van der Waals surface area contributed by atoms with Crippen LogP contribution in [0.3, 0.4) is 0 Å². The molecule has 0 aliphatic carbocycles. The Morgan fingerprint density at radius 2 is 1.90 bits per heavy atom. The van der Waals surface area contributed by atoms with Crippen molar-refractivity contribution in [2.24, 2.45) is 7.05 Å². The van der Waals surface area contributed by atoms with Gasteiger partial charge in [0.2, 0.25) is 10.0 Å². The minimum absolute atomic E-state index is 0.0377. The van der Waals surface area contributed by atoms with Crippen LogP contribution < -0.4 is 5.73 Å². The van der Waals surface area contributed by atoms with E-state index in [-0.39, 0.29) is 5.75 Å². The summed E-state index contributed by atoms with van der Waals surface area (Å²) in [5, 5.41) is 4.03. The van der Waals surface area contributed by atoms with Gasteiger partial charge in [-0.3, -0.25) is 4.68 Å². The van der Waals surface area contributed by atoms with Gasteiger partial charge in [-0.15, -0.1) is 0 Å². The highest BCUT2D eigenvalue weighted by Crippen LogP contribution is 2.14. The molecule has 2 rings (SSSR count). The molecule has 0 aliphatic heterocycles. The zero-order chi connectivity index (χ0) is 14.8. The van der Waals surface area contributed by atoms with Crippen LogP contribution >= 0.6 is 0 Å². The fraction of sp³-hybridized carbons (Fsp3) is 0.308. The zero-order valence-electron chi connectivity index (χ0n) is 11.5. The maximum atomic E-state index is 12.3. The first kappa shape index (κ1) is 14.5. The van der Waals surface area contributed by atoms with Crippen molar-refractivity contribution >= 4 is 15.7 Å². The number of hydrogen-bond donors (Lipinski definition) is 1. The summed E-state index contributed by atoms with van der Waals surface area (Å²) in [4.78, 5) is 0. The molecule has 0 saturated carbocycles. The number of aryl methyl sites for hydroxylation is 1. The van der Waals surface area contributed by atoms with Crippen LogP contribution in [-0.4, -0.2) is 29.6 Å². The Hall–Kier alpha value is -1.86. The third kappa shape index (κ3) is 3.58. The number of sulfonamides is 1. The van der Waals surface area contributed by atoms with Crippen LogP contribution in [-0.2, 0) is 29.4 Å². The van der Waals surface area contributed by atoms with Crippen molar-refractivity contribution in [2.45, 2.75) is 12.3 Å². The quantitative estimate of drug-likeness (QED) is 0.833. The van der Waals surface area contributed by atoms with Gasteiger partial charge >= 0.3 is 0 Å². The van der Waals surface area contributed by atoms with E-state index in [0.29, 0.717) is 12.2 Å². The molecule has 0 aliphatic rings. The fourth-order valence-corrected chi connectivity index (χ4v) is 3.02. The van der Waals surface area contributed by atoms with Gasteiger partial charge in [-0.1, -0.05) is 12.1 Å². The van der Waals surface area contributed by atoms with E-state index < -0.39 is 10.0 Å². The van der Waals surface area contributed by atoms with Crippen LogP contribution in [0.5, 0.6) is 0 Å². The third-order valence-corrected chi connectivity index (χ3v) is 4.74. The standard InChI is InChI=1S/C13H18N4O2S/c1-16-8-12(7-15-16)9-17(2)20(18,19)10-11-3-5-13(14)6-4-11/h3-8H,9-10,14H2,1-2H3. The first-order valence-corrected chi connectivity index (χ1v) is 7.74. The summed E-state index contributed by atoms with van der Waals surface area (Å²) in [7, 11) is 0.00743. The lowest BCUT2D eigenvalue weighted by atomic mass is 10.2. The Kier molecular flexibility index (Phi) is 4.10. The van der Waals surface area contributed by atoms with Gasteiger partial charge in [-0.05, 0) is 17.7 Å². The number of aromatic nitrogens is 2. The molecule has 1 aromatic carbocycles. The summed E-state index contributed by atoms with van der Waals surface area (Å²) in [6.45, 7) is 0.311. The lowest BCUT2D eigenvalue weighted by Gasteiger charge is -2.16. The van der Waals surface area contributed by atoms with Crippen LogP contribution in [0.4, 0.5) is 5.69 Å². The normalized spacial score (nSPS) is 11.9. The molecular formula is C13H18N4O2S. The largest absolute Gasteiger partial charge is 0.399 e. The lowest BCUT2D eigenvalue weighted by molar-refractivity contribution is 0.466. The highest BCUT2D eigenvalue weighted by atomic mass is 32.2. The van der Waals surface area contributed by atoms with Crippen LogP contribution in [0.15, 0.2) is 36.7 Å². The zero-order valence-corrected chi connectivity index (χ0v) is 12.3. The lowest BCUT2D eigenvalue weighted by Crippen LogP contribution is -2.27. The molecule has 0 spiro atoms. The number of rotatable bonds is 5. The molecule has 0 saturated heterocycles. The summed E-state index contributed by atoms with van der Waals surface area (Å²) < 4.78 is 27.5. The minimum atomic E-state index is -3.36. The number of benzene rings is 1. The molecule has 20 heavy (non-hydrogen) atoms. The molecule has 0 atom stereocenters. The van der Waals surface area contributed by atoms with E-state index in [2.05, 4.69) is 5.10 Å². The second-order valence-electron chi connectivity index (χ2n) is 4.78. The Morgan fingerprint density at radius 1 is 1.25 bits per heavy atom. The van der Waals surface area contributed by atoms with Crippen molar-refractivity contribution < 1.29 is 8.42 Å². The molecule has 0 amide bonds. The molecule has 1 heterocycles. The molecule has 7 heteroatoms.